The van der Waals surface area contributed by atoms with Gasteiger partial charge in [0.15, 0.2) is 5.16 Å². The highest BCUT2D eigenvalue weighted by Gasteiger charge is 2.24. The molecule has 1 amide bonds. The standard InChI is InChI=1S/C21H29N3O3S/c1-3-5-12-22-19(25)18(4-2)28-21-23-17-11-7-6-10-16(17)20(26)24(21)14-15-9-8-13-27-15/h6-7,10-11,15,18H,3-5,8-9,12-14H2,1-2H3,(H,22,25)/t15-,18+/m1/s1. The van der Waals surface area contributed by atoms with E-state index in [1.54, 1.807) is 10.6 Å². The first-order chi connectivity index (χ1) is 13.6. The van der Waals surface area contributed by atoms with E-state index in [1.807, 2.05) is 25.1 Å². The van der Waals surface area contributed by atoms with Gasteiger partial charge in [-0.2, -0.15) is 0 Å². The van der Waals surface area contributed by atoms with Crippen LogP contribution in [0.3, 0.4) is 0 Å². The van der Waals surface area contributed by atoms with Crippen LogP contribution in [0.15, 0.2) is 34.2 Å². The van der Waals surface area contributed by atoms with E-state index in [1.165, 1.54) is 11.8 Å². The smallest absolute Gasteiger partial charge is 0.262 e. The Kier molecular flexibility index (Phi) is 7.50. The van der Waals surface area contributed by atoms with E-state index in [0.29, 0.717) is 35.6 Å². The van der Waals surface area contributed by atoms with Crippen molar-refractivity contribution in [3.05, 3.63) is 34.6 Å². The molecule has 0 spiro atoms. The minimum atomic E-state index is -0.277. The number of hydrogen-bond donors (Lipinski definition) is 1. The lowest BCUT2D eigenvalue weighted by molar-refractivity contribution is -0.120. The summed E-state index contributed by atoms with van der Waals surface area (Å²) in [7, 11) is 0. The first-order valence-corrected chi connectivity index (χ1v) is 11.1. The fourth-order valence-corrected chi connectivity index (χ4v) is 4.39. The molecule has 28 heavy (non-hydrogen) atoms. The van der Waals surface area contributed by atoms with Crippen molar-refractivity contribution in [3.8, 4) is 0 Å². The molecule has 1 aliphatic rings. The van der Waals surface area contributed by atoms with Crippen molar-refractivity contribution >= 4 is 28.6 Å². The maximum atomic E-state index is 13.1. The Bertz CT molecular complexity index is 862. The van der Waals surface area contributed by atoms with Crippen molar-refractivity contribution in [2.45, 2.75) is 69.0 Å². The lowest BCUT2D eigenvalue weighted by Crippen LogP contribution is -2.34. The van der Waals surface area contributed by atoms with Crippen LogP contribution in [0.1, 0.15) is 46.0 Å². The second-order valence-corrected chi connectivity index (χ2v) is 8.29. The molecule has 2 atom stereocenters. The topological polar surface area (TPSA) is 73.2 Å². The molecule has 1 aromatic carbocycles. The summed E-state index contributed by atoms with van der Waals surface area (Å²) in [6.07, 6.45) is 4.66. The summed E-state index contributed by atoms with van der Waals surface area (Å²) in [4.78, 5) is 30.5. The third-order valence-electron chi connectivity index (χ3n) is 4.98. The number of rotatable bonds is 9. The van der Waals surface area contributed by atoms with Crippen LogP contribution in [-0.4, -0.2) is 40.0 Å². The van der Waals surface area contributed by atoms with Crippen LogP contribution in [0.2, 0.25) is 0 Å². The Hall–Kier alpha value is -1.86. The highest BCUT2D eigenvalue weighted by Crippen LogP contribution is 2.26. The fraction of sp³-hybridized carbons (Fsp3) is 0.571. The normalized spacial score (nSPS) is 17.7. The SMILES string of the molecule is CCCCNC(=O)[C@H](CC)Sc1nc2ccccc2c(=O)n1C[C@H]1CCCO1. The summed E-state index contributed by atoms with van der Waals surface area (Å²) in [5.74, 6) is 0.00650. The third-order valence-corrected chi connectivity index (χ3v) is 6.33. The highest BCUT2D eigenvalue weighted by molar-refractivity contribution is 8.00. The van der Waals surface area contributed by atoms with Crippen LogP contribution < -0.4 is 10.9 Å². The van der Waals surface area contributed by atoms with Gasteiger partial charge in [-0.05, 0) is 37.8 Å². The molecule has 152 valence electrons. The predicted molar refractivity (Wildman–Crippen MR) is 113 cm³/mol. The molecule has 0 aliphatic carbocycles. The number of fused-ring (bicyclic) bond motifs is 1. The van der Waals surface area contributed by atoms with E-state index in [4.69, 9.17) is 9.72 Å². The molecule has 2 heterocycles. The number of nitrogens with zero attached hydrogens (tertiary/aromatic N) is 2. The molecule has 1 aromatic heterocycles. The van der Waals surface area contributed by atoms with Crippen LogP contribution in [0, 0.1) is 0 Å². The molecule has 1 saturated heterocycles. The molecule has 0 saturated carbocycles. The number of carbonyl (C=O) groups excluding carboxylic acids is 1. The molecule has 7 heteroatoms. The van der Waals surface area contributed by atoms with Gasteiger partial charge in [0.1, 0.15) is 0 Å². The van der Waals surface area contributed by atoms with E-state index < -0.39 is 0 Å². The highest BCUT2D eigenvalue weighted by atomic mass is 32.2. The Balaban J connectivity index is 1.90. The minimum Gasteiger partial charge on any atom is -0.376 e. The maximum absolute atomic E-state index is 13.1. The average Bonchev–Trinajstić information content (AvgIpc) is 3.22. The van der Waals surface area contributed by atoms with Gasteiger partial charge < -0.3 is 10.1 Å². The van der Waals surface area contributed by atoms with Gasteiger partial charge in [-0.3, -0.25) is 14.2 Å². The maximum Gasteiger partial charge on any atom is 0.262 e. The fourth-order valence-electron chi connectivity index (χ4n) is 3.34. The van der Waals surface area contributed by atoms with Crippen molar-refractivity contribution in [2.75, 3.05) is 13.2 Å². The van der Waals surface area contributed by atoms with Crippen molar-refractivity contribution in [1.82, 2.24) is 14.9 Å². The quantitative estimate of drug-likeness (QED) is 0.395. The minimum absolute atomic E-state index is 0.00650. The first-order valence-electron chi connectivity index (χ1n) is 10.2. The van der Waals surface area contributed by atoms with Gasteiger partial charge in [0.2, 0.25) is 5.91 Å². The number of amides is 1. The van der Waals surface area contributed by atoms with E-state index in [-0.39, 0.29) is 22.8 Å². The summed E-state index contributed by atoms with van der Waals surface area (Å²) >= 11 is 1.38. The zero-order valence-corrected chi connectivity index (χ0v) is 17.5. The van der Waals surface area contributed by atoms with Crippen LogP contribution in [0.4, 0.5) is 0 Å². The van der Waals surface area contributed by atoms with Gasteiger partial charge in [-0.25, -0.2) is 4.98 Å². The lowest BCUT2D eigenvalue weighted by atomic mass is 10.2. The number of aromatic nitrogens is 2. The summed E-state index contributed by atoms with van der Waals surface area (Å²) in [6, 6.07) is 7.38. The summed E-state index contributed by atoms with van der Waals surface area (Å²) in [5.41, 5.74) is 0.602. The molecule has 1 fully saturated rings. The second-order valence-electron chi connectivity index (χ2n) is 7.12. The Morgan fingerprint density at radius 2 is 2.21 bits per heavy atom. The molecule has 3 rings (SSSR count). The van der Waals surface area contributed by atoms with Crippen LogP contribution in [0.25, 0.3) is 10.9 Å². The number of hydrogen-bond acceptors (Lipinski definition) is 5. The van der Waals surface area contributed by atoms with Gasteiger partial charge in [-0.1, -0.05) is 44.2 Å². The average molecular weight is 404 g/mol. The number of nitrogens with one attached hydrogen (secondary N) is 1. The third kappa shape index (κ3) is 4.94. The Morgan fingerprint density at radius 3 is 2.93 bits per heavy atom. The Labute approximate surface area is 170 Å². The molecular formula is C21H29N3O3S. The van der Waals surface area contributed by atoms with Gasteiger partial charge in [0.05, 0.1) is 28.8 Å². The monoisotopic (exact) mass is 403 g/mol. The molecule has 0 bridgehead atoms. The summed E-state index contributed by atoms with van der Waals surface area (Å²) in [5, 5.41) is 3.92. The molecular weight excluding hydrogens is 374 g/mol. The van der Waals surface area contributed by atoms with Crippen LogP contribution >= 0.6 is 11.8 Å². The number of unbranched alkanes of at least 4 members (excludes halogenated alkanes) is 1. The van der Waals surface area contributed by atoms with E-state index in [2.05, 4.69) is 12.2 Å². The van der Waals surface area contributed by atoms with Gasteiger partial charge in [0.25, 0.3) is 5.56 Å². The lowest BCUT2D eigenvalue weighted by Gasteiger charge is -2.19. The Morgan fingerprint density at radius 1 is 1.39 bits per heavy atom. The number of carbonyl (C=O) groups is 1. The number of ether oxygens (including phenoxy) is 1. The van der Waals surface area contributed by atoms with Crippen molar-refractivity contribution in [1.29, 1.82) is 0 Å². The van der Waals surface area contributed by atoms with Gasteiger partial charge in [0, 0.05) is 13.2 Å². The zero-order chi connectivity index (χ0) is 19.9. The van der Waals surface area contributed by atoms with Gasteiger partial charge >= 0.3 is 0 Å². The summed E-state index contributed by atoms with van der Waals surface area (Å²) in [6.45, 7) is 5.98. The van der Waals surface area contributed by atoms with E-state index >= 15 is 0 Å². The van der Waals surface area contributed by atoms with E-state index in [0.717, 1.165) is 32.3 Å². The van der Waals surface area contributed by atoms with Crippen molar-refractivity contribution < 1.29 is 9.53 Å². The zero-order valence-electron chi connectivity index (χ0n) is 16.6. The molecule has 0 unspecified atom stereocenters. The molecule has 6 nitrogen and oxygen atoms in total. The number of para-hydroxylation sites is 1. The first kappa shape index (κ1) is 20.9. The van der Waals surface area contributed by atoms with Gasteiger partial charge in [-0.15, -0.1) is 0 Å². The van der Waals surface area contributed by atoms with Crippen molar-refractivity contribution in [3.63, 3.8) is 0 Å². The largest absolute Gasteiger partial charge is 0.376 e. The molecule has 1 aliphatic heterocycles. The summed E-state index contributed by atoms with van der Waals surface area (Å²) < 4.78 is 7.45. The molecule has 2 aromatic rings. The van der Waals surface area contributed by atoms with Crippen LogP contribution in [-0.2, 0) is 16.1 Å². The number of thioether (sulfide) groups is 1. The number of benzene rings is 1. The second kappa shape index (κ2) is 10.1. The van der Waals surface area contributed by atoms with Crippen molar-refractivity contribution in [2.24, 2.45) is 0 Å². The van der Waals surface area contributed by atoms with E-state index in [9.17, 15) is 9.59 Å². The molecule has 0 radical (unpaired) electrons. The predicted octanol–water partition coefficient (Wildman–Crippen LogP) is 3.36. The molecule has 1 N–H and O–H groups in total. The van der Waals surface area contributed by atoms with Crippen LogP contribution in [0.5, 0.6) is 0 Å².